The molecule has 3 N–H and O–H groups in total. The highest BCUT2D eigenvalue weighted by atomic mass is 32.1. The molecule has 0 unspecified atom stereocenters. The van der Waals surface area contributed by atoms with Gasteiger partial charge in [0.05, 0.1) is 11.9 Å². The second-order valence-corrected chi connectivity index (χ2v) is 4.93. The van der Waals surface area contributed by atoms with Gasteiger partial charge in [-0.05, 0) is 12.5 Å². The molecule has 0 radical (unpaired) electrons. The van der Waals surface area contributed by atoms with E-state index < -0.39 is 11.7 Å². The minimum atomic E-state index is -0.401. The summed E-state index contributed by atoms with van der Waals surface area (Å²) in [5.74, 6) is -0.801. The van der Waals surface area contributed by atoms with Gasteiger partial charge in [-0.2, -0.15) is 5.10 Å². The van der Waals surface area contributed by atoms with Gasteiger partial charge in [-0.3, -0.25) is 4.79 Å². The Balaban J connectivity index is 2.07. The van der Waals surface area contributed by atoms with Crippen LogP contribution in [0.5, 0.6) is 0 Å². The number of carbonyl (C=O) groups is 1. The number of benzene rings is 1. The van der Waals surface area contributed by atoms with Gasteiger partial charge in [-0.1, -0.05) is 36.5 Å². The van der Waals surface area contributed by atoms with Crippen LogP contribution in [0.25, 0.3) is 0 Å². The first-order valence-electron chi connectivity index (χ1n) is 5.95. The molecule has 104 valence electrons. The monoisotopic (exact) mass is 292 g/mol. The summed E-state index contributed by atoms with van der Waals surface area (Å²) >= 11 is 1.10. The summed E-state index contributed by atoms with van der Waals surface area (Å²) in [5.41, 5.74) is 8.84. The lowest BCUT2D eigenvalue weighted by molar-refractivity contribution is 0.0958. The Labute approximate surface area is 119 Å². The van der Waals surface area contributed by atoms with Gasteiger partial charge < -0.3 is 5.73 Å². The molecule has 0 aliphatic carbocycles. The standard InChI is InChI=1S/C13H13FN4OS/c1-2-10-11(20-13(15)17-10)12(19)18-16-7-8-5-3-4-6-9(8)14/h3-7H,2H2,1H3,(H2,15,17)(H,18,19)/b16-7-. The zero-order chi connectivity index (χ0) is 14.5. The van der Waals surface area contributed by atoms with Crippen molar-refractivity contribution in [2.45, 2.75) is 13.3 Å². The Morgan fingerprint density at radius 3 is 3.00 bits per heavy atom. The fourth-order valence-corrected chi connectivity index (χ4v) is 2.39. The van der Waals surface area contributed by atoms with Crippen LogP contribution < -0.4 is 11.2 Å². The number of rotatable bonds is 4. The van der Waals surface area contributed by atoms with Crippen LogP contribution in [0, 0.1) is 5.82 Å². The number of hydrogen-bond acceptors (Lipinski definition) is 5. The van der Waals surface area contributed by atoms with Gasteiger partial charge in [-0.15, -0.1) is 0 Å². The van der Waals surface area contributed by atoms with Gasteiger partial charge in [0.15, 0.2) is 5.13 Å². The first-order chi connectivity index (χ1) is 9.61. The number of halogens is 1. The first kappa shape index (κ1) is 14.1. The van der Waals surface area contributed by atoms with E-state index >= 15 is 0 Å². The fraction of sp³-hybridized carbons (Fsp3) is 0.154. The van der Waals surface area contributed by atoms with E-state index in [2.05, 4.69) is 15.5 Å². The maximum absolute atomic E-state index is 13.3. The van der Waals surface area contributed by atoms with Gasteiger partial charge in [-0.25, -0.2) is 14.8 Å². The Kier molecular flexibility index (Phi) is 4.41. The molecule has 0 saturated heterocycles. The van der Waals surface area contributed by atoms with Crippen molar-refractivity contribution in [2.24, 2.45) is 5.10 Å². The summed E-state index contributed by atoms with van der Waals surface area (Å²) in [6, 6.07) is 6.15. The molecule has 0 spiro atoms. The van der Waals surface area contributed by atoms with E-state index in [0.717, 1.165) is 11.3 Å². The molecule has 7 heteroatoms. The zero-order valence-electron chi connectivity index (χ0n) is 10.8. The molecule has 0 aliphatic rings. The molecule has 0 atom stereocenters. The van der Waals surface area contributed by atoms with Gasteiger partial charge in [0.25, 0.3) is 5.91 Å². The smallest absolute Gasteiger partial charge is 0.283 e. The van der Waals surface area contributed by atoms with Crippen LogP contribution in [0.15, 0.2) is 29.4 Å². The summed E-state index contributed by atoms with van der Waals surface area (Å²) in [6.07, 6.45) is 1.86. The maximum atomic E-state index is 13.3. The predicted octanol–water partition coefficient (Wildman–Crippen LogP) is 2.19. The van der Waals surface area contributed by atoms with Crippen LogP contribution in [-0.2, 0) is 6.42 Å². The number of carbonyl (C=O) groups excluding carboxylic acids is 1. The van der Waals surface area contributed by atoms with E-state index in [1.165, 1.54) is 12.3 Å². The fourth-order valence-electron chi connectivity index (χ4n) is 1.58. The van der Waals surface area contributed by atoms with Crippen LogP contribution in [0.1, 0.15) is 27.9 Å². The average Bonchev–Trinajstić information content (AvgIpc) is 2.82. The zero-order valence-corrected chi connectivity index (χ0v) is 11.6. The van der Waals surface area contributed by atoms with E-state index in [9.17, 15) is 9.18 Å². The van der Waals surface area contributed by atoms with E-state index in [1.807, 2.05) is 6.92 Å². The Morgan fingerprint density at radius 1 is 1.55 bits per heavy atom. The molecule has 1 amide bonds. The summed E-state index contributed by atoms with van der Waals surface area (Å²) in [5, 5.41) is 4.07. The third-order valence-corrected chi connectivity index (χ3v) is 3.46. The number of thiazole rings is 1. The molecule has 0 bridgehead atoms. The van der Waals surface area contributed by atoms with Gasteiger partial charge in [0.2, 0.25) is 0 Å². The molecule has 1 aromatic carbocycles. The number of anilines is 1. The predicted molar refractivity (Wildman–Crippen MR) is 77.4 cm³/mol. The van der Waals surface area contributed by atoms with Crippen molar-refractivity contribution < 1.29 is 9.18 Å². The number of nitrogen functional groups attached to an aromatic ring is 1. The molecular formula is C13H13FN4OS. The van der Waals surface area contributed by atoms with Gasteiger partial charge in [0.1, 0.15) is 10.7 Å². The number of nitrogens with two attached hydrogens (primary N) is 1. The SMILES string of the molecule is CCc1nc(N)sc1C(=O)N/N=C\c1ccccc1F. The van der Waals surface area contributed by atoms with Crippen LogP contribution in [0.2, 0.25) is 0 Å². The Morgan fingerprint density at radius 2 is 2.30 bits per heavy atom. The lowest BCUT2D eigenvalue weighted by Gasteiger charge is -1.98. The Bertz CT molecular complexity index is 654. The Hall–Kier alpha value is -2.28. The van der Waals surface area contributed by atoms with Crippen molar-refractivity contribution in [3.8, 4) is 0 Å². The third kappa shape index (κ3) is 3.18. The highest BCUT2D eigenvalue weighted by Crippen LogP contribution is 2.20. The molecule has 0 fully saturated rings. The second kappa shape index (κ2) is 6.25. The molecule has 2 aromatic rings. The van der Waals surface area contributed by atoms with E-state index in [4.69, 9.17) is 5.73 Å². The van der Waals surface area contributed by atoms with E-state index in [-0.39, 0.29) is 0 Å². The second-order valence-electron chi connectivity index (χ2n) is 3.90. The molecular weight excluding hydrogens is 279 g/mol. The summed E-state index contributed by atoms with van der Waals surface area (Å²) in [6.45, 7) is 1.88. The molecule has 0 saturated carbocycles. The molecule has 5 nitrogen and oxygen atoms in total. The molecule has 0 aliphatic heterocycles. The number of nitrogens with zero attached hydrogens (tertiary/aromatic N) is 2. The normalized spacial score (nSPS) is 10.9. The highest BCUT2D eigenvalue weighted by Gasteiger charge is 2.15. The largest absolute Gasteiger partial charge is 0.375 e. The number of aromatic nitrogens is 1. The van der Waals surface area contributed by atoms with Crippen molar-refractivity contribution in [1.82, 2.24) is 10.4 Å². The molecule has 1 heterocycles. The highest BCUT2D eigenvalue weighted by molar-refractivity contribution is 7.17. The van der Waals surface area contributed by atoms with Crippen LogP contribution in [-0.4, -0.2) is 17.1 Å². The molecule has 2 rings (SSSR count). The number of nitrogens with one attached hydrogen (secondary N) is 1. The molecule has 1 aromatic heterocycles. The maximum Gasteiger partial charge on any atom is 0.283 e. The minimum absolute atomic E-state index is 0.298. The van der Waals surface area contributed by atoms with Crippen molar-refractivity contribution in [3.05, 3.63) is 46.2 Å². The first-order valence-corrected chi connectivity index (χ1v) is 6.76. The average molecular weight is 292 g/mol. The van der Waals surface area contributed by atoms with Gasteiger partial charge in [0, 0.05) is 5.56 Å². The number of hydrazone groups is 1. The van der Waals surface area contributed by atoms with Crippen molar-refractivity contribution in [1.29, 1.82) is 0 Å². The lowest BCUT2D eigenvalue weighted by atomic mass is 10.2. The third-order valence-electron chi connectivity index (χ3n) is 2.53. The van der Waals surface area contributed by atoms with E-state index in [0.29, 0.717) is 27.7 Å². The van der Waals surface area contributed by atoms with Gasteiger partial charge >= 0.3 is 0 Å². The van der Waals surface area contributed by atoms with Crippen LogP contribution >= 0.6 is 11.3 Å². The number of hydrogen-bond donors (Lipinski definition) is 2. The van der Waals surface area contributed by atoms with Crippen molar-refractivity contribution in [2.75, 3.05) is 5.73 Å². The van der Waals surface area contributed by atoms with Crippen LogP contribution in [0.3, 0.4) is 0 Å². The quantitative estimate of drug-likeness (QED) is 0.669. The van der Waals surface area contributed by atoms with Crippen LogP contribution in [0.4, 0.5) is 9.52 Å². The van der Waals surface area contributed by atoms with E-state index in [1.54, 1.807) is 18.2 Å². The lowest BCUT2D eigenvalue weighted by Crippen LogP contribution is -2.17. The minimum Gasteiger partial charge on any atom is -0.375 e. The molecule has 20 heavy (non-hydrogen) atoms. The topological polar surface area (TPSA) is 80.4 Å². The van der Waals surface area contributed by atoms with Crippen molar-refractivity contribution >= 4 is 28.6 Å². The summed E-state index contributed by atoms with van der Waals surface area (Å²) in [7, 11) is 0. The summed E-state index contributed by atoms with van der Waals surface area (Å²) < 4.78 is 13.3. The number of amides is 1. The van der Waals surface area contributed by atoms with Crippen molar-refractivity contribution in [3.63, 3.8) is 0 Å². The number of aryl methyl sites for hydroxylation is 1. The summed E-state index contributed by atoms with van der Waals surface area (Å²) in [4.78, 5) is 16.4.